The molecule has 0 saturated carbocycles. The minimum Gasteiger partial charge on any atom is -0.460 e. The van der Waals surface area contributed by atoms with Crippen LogP contribution in [0.4, 0.5) is 0 Å². The van der Waals surface area contributed by atoms with Crippen LogP contribution < -0.4 is 11.5 Å². The molecule has 0 heterocycles. The Balaban J connectivity index is 4.41. The van der Waals surface area contributed by atoms with Gasteiger partial charge >= 0.3 is 11.9 Å². The predicted octanol–water partition coefficient (Wildman–Crippen LogP) is 0.298. The van der Waals surface area contributed by atoms with Crippen LogP contribution in [-0.2, 0) is 23.9 Å². The summed E-state index contributed by atoms with van der Waals surface area (Å²) in [4.78, 5) is 34.3. The molecule has 0 saturated heterocycles. The molecule has 7 heteroatoms. The Labute approximate surface area is 131 Å². The number of carbonyl (C=O) groups is 2. The van der Waals surface area contributed by atoms with Crippen molar-refractivity contribution < 1.29 is 23.9 Å². The normalized spacial score (nSPS) is 17.7. The third-order valence-electron chi connectivity index (χ3n) is 3.83. The molecule has 0 aliphatic carbocycles. The minimum absolute atomic E-state index is 0.0486. The lowest BCUT2D eigenvalue weighted by Gasteiger charge is -2.20. The molecular weight excluding hydrogens is 288 g/mol. The summed E-state index contributed by atoms with van der Waals surface area (Å²) >= 11 is 0. The number of hydrogen-bond donors (Lipinski definition) is 2. The Morgan fingerprint density at radius 2 is 1.45 bits per heavy atom. The lowest BCUT2D eigenvalue weighted by molar-refractivity contribution is -0.158. The molecule has 4 N–H and O–H groups in total. The first-order valence-corrected chi connectivity index (χ1v) is 7.54. The molecule has 5 atom stereocenters. The smallest absolute Gasteiger partial charge is 0.324 e. The van der Waals surface area contributed by atoms with Crippen molar-refractivity contribution >= 4 is 18.2 Å². The Kier molecular flexibility index (Phi) is 9.60. The van der Waals surface area contributed by atoms with Crippen molar-refractivity contribution in [1.29, 1.82) is 0 Å². The van der Waals surface area contributed by atoms with Gasteiger partial charge in [-0.1, -0.05) is 40.5 Å². The molecule has 0 aliphatic rings. The Morgan fingerprint density at radius 3 is 1.86 bits per heavy atom. The van der Waals surface area contributed by atoms with Gasteiger partial charge < -0.3 is 20.9 Å². The quantitative estimate of drug-likeness (QED) is 0.556. The summed E-state index contributed by atoms with van der Waals surface area (Å²) in [6.07, 6.45) is 1.64. The van der Waals surface area contributed by atoms with Crippen LogP contribution in [0.3, 0.4) is 0 Å². The minimum atomic E-state index is -1.30. The molecule has 0 aromatic carbocycles. The second-order valence-corrected chi connectivity index (χ2v) is 5.50. The molecule has 0 rings (SSSR count). The fourth-order valence-corrected chi connectivity index (χ4v) is 1.54. The fourth-order valence-electron chi connectivity index (χ4n) is 1.54. The van der Waals surface area contributed by atoms with E-state index in [-0.39, 0.29) is 11.8 Å². The number of esters is 2. The SMILES string of the molecule is CC[C@H](C)[C@H](N)C(=O)OCC([C]=O)OC(=O)[C@@H](N)[C@@H](C)CC. The van der Waals surface area contributed by atoms with Crippen LogP contribution in [0.2, 0.25) is 0 Å². The highest BCUT2D eigenvalue weighted by Gasteiger charge is 2.27. The molecule has 0 bridgehead atoms. The maximum Gasteiger partial charge on any atom is 0.324 e. The van der Waals surface area contributed by atoms with Gasteiger partial charge in [0, 0.05) is 0 Å². The number of hydrogen-bond acceptors (Lipinski definition) is 7. The van der Waals surface area contributed by atoms with Crippen LogP contribution in [0.1, 0.15) is 40.5 Å². The van der Waals surface area contributed by atoms with E-state index in [0.29, 0.717) is 6.42 Å². The van der Waals surface area contributed by atoms with E-state index in [1.807, 2.05) is 20.8 Å². The zero-order chi connectivity index (χ0) is 17.3. The van der Waals surface area contributed by atoms with Gasteiger partial charge in [0.05, 0.1) is 0 Å². The summed E-state index contributed by atoms with van der Waals surface area (Å²) in [5.74, 6) is -1.49. The van der Waals surface area contributed by atoms with Crippen molar-refractivity contribution in [3.63, 3.8) is 0 Å². The van der Waals surface area contributed by atoms with E-state index < -0.39 is 36.7 Å². The van der Waals surface area contributed by atoms with Crippen molar-refractivity contribution in [3.05, 3.63) is 0 Å². The third-order valence-corrected chi connectivity index (χ3v) is 3.83. The zero-order valence-corrected chi connectivity index (χ0v) is 13.7. The third kappa shape index (κ3) is 6.53. The van der Waals surface area contributed by atoms with Crippen LogP contribution in [0.25, 0.3) is 0 Å². The summed E-state index contributed by atoms with van der Waals surface area (Å²) < 4.78 is 9.80. The lowest BCUT2D eigenvalue weighted by Crippen LogP contribution is -2.42. The van der Waals surface area contributed by atoms with E-state index in [9.17, 15) is 14.4 Å². The highest BCUT2D eigenvalue weighted by atomic mass is 16.6. The standard InChI is InChI=1S/C15H27N2O5/c1-5-9(3)12(16)14(19)21-8-11(7-18)22-15(20)13(17)10(4)6-2/h9-13H,5-6,8,16-17H2,1-4H3/t9-,10-,11?,12-,13-/m0/s1. The van der Waals surface area contributed by atoms with E-state index in [2.05, 4.69) is 0 Å². The summed E-state index contributed by atoms with van der Waals surface area (Å²) in [5, 5.41) is 0. The number of carbonyl (C=O) groups excluding carboxylic acids is 3. The first-order chi connectivity index (χ1) is 10.3. The van der Waals surface area contributed by atoms with Gasteiger partial charge in [-0.3, -0.25) is 14.4 Å². The first-order valence-electron chi connectivity index (χ1n) is 7.54. The molecule has 0 spiro atoms. The van der Waals surface area contributed by atoms with Gasteiger partial charge in [0.15, 0.2) is 0 Å². The molecular formula is C15H27N2O5. The predicted molar refractivity (Wildman–Crippen MR) is 81.4 cm³/mol. The molecule has 0 aromatic heterocycles. The lowest BCUT2D eigenvalue weighted by atomic mass is 10.0. The molecule has 7 nitrogen and oxygen atoms in total. The summed E-state index contributed by atoms with van der Waals surface area (Å²) in [7, 11) is 0. The highest BCUT2D eigenvalue weighted by molar-refractivity contribution is 5.79. The Bertz CT molecular complexity index is 375. The molecule has 1 unspecified atom stereocenters. The molecule has 127 valence electrons. The van der Waals surface area contributed by atoms with E-state index >= 15 is 0 Å². The zero-order valence-electron chi connectivity index (χ0n) is 13.7. The summed E-state index contributed by atoms with van der Waals surface area (Å²) in [5.41, 5.74) is 11.4. The molecule has 0 aliphatic heterocycles. The van der Waals surface area contributed by atoms with Gasteiger partial charge in [-0.2, -0.15) is 0 Å². The molecule has 0 fully saturated rings. The van der Waals surface area contributed by atoms with Crippen LogP contribution >= 0.6 is 0 Å². The van der Waals surface area contributed by atoms with Crippen LogP contribution in [0.5, 0.6) is 0 Å². The van der Waals surface area contributed by atoms with Crippen LogP contribution in [-0.4, -0.2) is 43.0 Å². The fraction of sp³-hybridized carbons (Fsp3) is 0.800. The van der Waals surface area contributed by atoms with Crippen molar-refractivity contribution in [2.45, 2.75) is 58.7 Å². The summed E-state index contributed by atoms with van der Waals surface area (Å²) in [6.45, 7) is 7.00. The average Bonchev–Trinajstić information content (AvgIpc) is 2.54. The molecule has 0 amide bonds. The number of nitrogens with two attached hydrogens (primary N) is 2. The van der Waals surface area contributed by atoms with Gasteiger partial charge in [0.2, 0.25) is 12.4 Å². The molecule has 0 aromatic rings. The maximum absolute atomic E-state index is 11.8. The first kappa shape index (κ1) is 20.5. The van der Waals surface area contributed by atoms with Gasteiger partial charge in [0.1, 0.15) is 18.7 Å². The number of ether oxygens (including phenoxy) is 2. The van der Waals surface area contributed by atoms with Crippen molar-refractivity contribution in [2.75, 3.05) is 6.61 Å². The number of rotatable bonds is 10. The largest absolute Gasteiger partial charge is 0.460 e. The molecule has 22 heavy (non-hydrogen) atoms. The van der Waals surface area contributed by atoms with E-state index in [0.717, 1.165) is 6.42 Å². The van der Waals surface area contributed by atoms with Gasteiger partial charge in [-0.05, 0) is 11.8 Å². The van der Waals surface area contributed by atoms with Gasteiger partial charge in [-0.25, -0.2) is 0 Å². The molecule has 1 radical (unpaired) electrons. The van der Waals surface area contributed by atoms with Crippen molar-refractivity contribution in [1.82, 2.24) is 0 Å². The topological polar surface area (TPSA) is 122 Å². The maximum atomic E-state index is 11.8. The van der Waals surface area contributed by atoms with Crippen LogP contribution in [0, 0.1) is 11.8 Å². The highest BCUT2D eigenvalue weighted by Crippen LogP contribution is 2.09. The van der Waals surface area contributed by atoms with E-state index in [1.165, 1.54) is 6.29 Å². The Hall–Kier alpha value is -1.47. The monoisotopic (exact) mass is 315 g/mol. The Morgan fingerprint density at radius 1 is 1.00 bits per heavy atom. The van der Waals surface area contributed by atoms with Crippen molar-refractivity contribution in [3.8, 4) is 0 Å². The van der Waals surface area contributed by atoms with Crippen molar-refractivity contribution in [2.24, 2.45) is 23.3 Å². The van der Waals surface area contributed by atoms with E-state index in [4.69, 9.17) is 20.9 Å². The summed E-state index contributed by atoms with van der Waals surface area (Å²) in [6, 6.07) is -1.62. The van der Waals surface area contributed by atoms with E-state index in [1.54, 1.807) is 6.92 Å². The second kappa shape index (κ2) is 10.3. The second-order valence-electron chi connectivity index (χ2n) is 5.50. The van der Waals surface area contributed by atoms with Crippen LogP contribution in [0.15, 0.2) is 0 Å². The van der Waals surface area contributed by atoms with Gasteiger partial charge in [-0.15, -0.1) is 0 Å². The average molecular weight is 315 g/mol. The van der Waals surface area contributed by atoms with Gasteiger partial charge in [0.25, 0.3) is 0 Å².